The normalized spacial score (nSPS) is 19.8. The van der Waals surface area contributed by atoms with E-state index in [0.717, 1.165) is 32.1 Å². The molecule has 1 atom stereocenters. The third-order valence-electron chi connectivity index (χ3n) is 4.09. The lowest BCUT2D eigenvalue weighted by Crippen LogP contribution is -2.53. The van der Waals surface area contributed by atoms with Crippen molar-refractivity contribution in [2.24, 2.45) is 17.1 Å². The van der Waals surface area contributed by atoms with Gasteiger partial charge in [0.25, 0.3) is 0 Å². The first-order valence-electron chi connectivity index (χ1n) is 7.05. The highest BCUT2D eigenvalue weighted by molar-refractivity contribution is 5.88. The van der Waals surface area contributed by atoms with E-state index in [4.69, 9.17) is 10.5 Å². The highest BCUT2D eigenvalue weighted by atomic mass is 16.5. The van der Waals surface area contributed by atoms with Crippen LogP contribution in [0.5, 0.6) is 0 Å². The molecule has 0 aromatic heterocycles. The largest absolute Gasteiger partial charge is 0.467 e. The molecule has 1 amide bonds. The van der Waals surface area contributed by atoms with Crippen molar-refractivity contribution in [3.63, 3.8) is 0 Å². The third-order valence-corrected chi connectivity index (χ3v) is 4.09. The number of hydrogen-bond acceptors (Lipinski definition) is 4. The predicted octanol–water partition coefficient (Wildman–Crippen LogP) is 1.21. The molecule has 0 aromatic rings. The Morgan fingerprint density at radius 1 is 1.26 bits per heavy atom. The third kappa shape index (κ3) is 3.69. The van der Waals surface area contributed by atoms with Gasteiger partial charge in [-0.25, -0.2) is 4.79 Å². The quantitative estimate of drug-likeness (QED) is 0.736. The summed E-state index contributed by atoms with van der Waals surface area (Å²) in [6.45, 7) is 4.11. The van der Waals surface area contributed by atoms with Gasteiger partial charge in [0.1, 0.15) is 6.04 Å². The minimum Gasteiger partial charge on any atom is -0.467 e. The van der Waals surface area contributed by atoms with Crippen molar-refractivity contribution in [1.82, 2.24) is 5.32 Å². The number of esters is 1. The fraction of sp³-hybridized carbons (Fsp3) is 0.857. The van der Waals surface area contributed by atoms with Crippen LogP contribution in [0.4, 0.5) is 0 Å². The summed E-state index contributed by atoms with van der Waals surface area (Å²) >= 11 is 0. The molecule has 0 heterocycles. The van der Waals surface area contributed by atoms with Gasteiger partial charge in [-0.05, 0) is 18.8 Å². The zero-order chi connectivity index (χ0) is 14.5. The lowest BCUT2D eigenvalue weighted by atomic mass is 9.73. The summed E-state index contributed by atoms with van der Waals surface area (Å²) in [5, 5.41) is 2.84. The van der Waals surface area contributed by atoms with Crippen LogP contribution in [0.15, 0.2) is 0 Å². The molecule has 0 radical (unpaired) electrons. The number of rotatable bonds is 5. The number of nitrogens with one attached hydrogen (secondary N) is 1. The van der Waals surface area contributed by atoms with Crippen LogP contribution < -0.4 is 11.1 Å². The zero-order valence-corrected chi connectivity index (χ0v) is 12.2. The van der Waals surface area contributed by atoms with Crippen LogP contribution in [0.1, 0.15) is 46.0 Å². The van der Waals surface area contributed by atoms with Gasteiger partial charge in [0.2, 0.25) is 5.91 Å². The summed E-state index contributed by atoms with van der Waals surface area (Å²) in [5.74, 6) is -0.500. The van der Waals surface area contributed by atoms with Crippen LogP contribution in [0, 0.1) is 11.3 Å². The van der Waals surface area contributed by atoms with Gasteiger partial charge >= 0.3 is 5.97 Å². The van der Waals surface area contributed by atoms with Crippen molar-refractivity contribution in [2.75, 3.05) is 13.7 Å². The van der Waals surface area contributed by atoms with E-state index in [1.165, 1.54) is 7.11 Å². The number of hydrogen-bond donors (Lipinski definition) is 2. The molecule has 5 nitrogen and oxygen atoms in total. The Hall–Kier alpha value is -1.10. The number of carbonyl (C=O) groups excluding carboxylic acids is 2. The second kappa shape index (κ2) is 6.89. The summed E-state index contributed by atoms with van der Waals surface area (Å²) < 4.78 is 4.74. The van der Waals surface area contributed by atoms with Crippen LogP contribution in [0.25, 0.3) is 0 Å². The van der Waals surface area contributed by atoms with E-state index in [1.54, 1.807) is 0 Å². The molecule has 1 aliphatic rings. The Kier molecular flexibility index (Phi) is 5.79. The first-order valence-corrected chi connectivity index (χ1v) is 7.05. The van der Waals surface area contributed by atoms with E-state index in [0.29, 0.717) is 6.54 Å². The standard InChI is InChI=1S/C14H26N2O3/c1-10(2)11(12(17)19-3)16-13(18)14(9-15)7-5-4-6-8-14/h10-11H,4-9,15H2,1-3H3,(H,16,18). The molecule has 0 spiro atoms. The maximum atomic E-state index is 12.5. The van der Waals surface area contributed by atoms with Gasteiger partial charge in [-0.2, -0.15) is 0 Å². The molecule has 1 unspecified atom stereocenters. The van der Waals surface area contributed by atoms with Crippen molar-refractivity contribution in [1.29, 1.82) is 0 Å². The molecule has 0 aliphatic heterocycles. The van der Waals surface area contributed by atoms with Crippen molar-refractivity contribution in [3.8, 4) is 0 Å². The van der Waals surface area contributed by atoms with Crippen molar-refractivity contribution in [2.45, 2.75) is 52.0 Å². The molecular formula is C14H26N2O3. The van der Waals surface area contributed by atoms with Gasteiger partial charge in [-0.3, -0.25) is 4.79 Å². The number of amides is 1. The van der Waals surface area contributed by atoms with Crippen LogP contribution >= 0.6 is 0 Å². The molecule has 1 saturated carbocycles. The number of methoxy groups -OCH3 is 1. The summed E-state index contributed by atoms with van der Waals surface area (Å²) in [4.78, 5) is 24.2. The first-order chi connectivity index (χ1) is 8.96. The summed E-state index contributed by atoms with van der Waals surface area (Å²) in [5.41, 5.74) is 5.32. The van der Waals surface area contributed by atoms with Gasteiger partial charge in [0.15, 0.2) is 0 Å². The highest BCUT2D eigenvalue weighted by Crippen LogP contribution is 2.35. The second-order valence-corrected chi connectivity index (χ2v) is 5.76. The molecule has 0 saturated heterocycles. The monoisotopic (exact) mass is 270 g/mol. The minimum absolute atomic E-state index is 0.00480. The van der Waals surface area contributed by atoms with E-state index >= 15 is 0 Å². The summed E-state index contributed by atoms with van der Waals surface area (Å²) in [6.07, 6.45) is 4.81. The molecule has 5 heteroatoms. The Morgan fingerprint density at radius 2 is 1.84 bits per heavy atom. The fourth-order valence-corrected chi connectivity index (χ4v) is 2.67. The molecule has 1 aliphatic carbocycles. The SMILES string of the molecule is COC(=O)C(NC(=O)C1(CN)CCCCC1)C(C)C. The average Bonchev–Trinajstić information content (AvgIpc) is 2.43. The van der Waals surface area contributed by atoms with Crippen LogP contribution in [0.3, 0.4) is 0 Å². The number of carbonyl (C=O) groups is 2. The maximum absolute atomic E-state index is 12.5. The highest BCUT2D eigenvalue weighted by Gasteiger charge is 2.40. The van der Waals surface area contributed by atoms with Crippen molar-refractivity contribution < 1.29 is 14.3 Å². The smallest absolute Gasteiger partial charge is 0.328 e. The summed E-state index contributed by atoms with van der Waals surface area (Å²) in [7, 11) is 1.34. The Labute approximate surface area is 115 Å². The number of nitrogens with two attached hydrogens (primary N) is 1. The first kappa shape index (κ1) is 16.0. The predicted molar refractivity (Wildman–Crippen MR) is 73.4 cm³/mol. The fourth-order valence-electron chi connectivity index (χ4n) is 2.67. The van der Waals surface area contributed by atoms with Gasteiger partial charge in [0.05, 0.1) is 12.5 Å². The van der Waals surface area contributed by atoms with Crippen molar-refractivity contribution in [3.05, 3.63) is 0 Å². The second-order valence-electron chi connectivity index (χ2n) is 5.76. The van der Waals surface area contributed by atoms with Gasteiger partial charge in [-0.1, -0.05) is 33.1 Å². The van der Waals surface area contributed by atoms with Gasteiger partial charge in [-0.15, -0.1) is 0 Å². The molecule has 3 N–H and O–H groups in total. The average molecular weight is 270 g/mol. The Morgan fingerprint density at radius 3 is 2.26 bits per heavy atom. The van der Waals surface area contributed by atoms with Gasteiger partial charge in [0, 0.05) is 6.54 Å². The lowest BCUT2D eigenvalue weighted by Gasteiger charge is -2.36. The number of ether oxygens (including phenoxy) is 1. The minimum atomic E-state index is -0.595. The van der Waals surface area contributed by atoms with E-state index in [2.05, 4.69) is 5.32 Å². The van der Waals surface area contributed by atoms with Crippen LogP contribution in [-0.4, -0.2) is 31.6 Å². The molecule has 1 rings (SSSR count). The van der Waals surface area contributed by atoms with Gasteiger partial charge < -0.3 is 15.8 Å². The van der Waals surface area contributed by atoms with E-state index in [1.807, 2.05) is 13.8 Å². The lowest BCUT2D eigenvalue weighted by molar-refractivity contribution is -0.148. The van der Waals surface area contributed by atoms with Crippen molar-refractivity contribution >= 4 is 11.9 Å². The Balaban J connectivity index is 2.77. The summed E-state index contributed by atoms with van der Waals surface area (Å²) in [6, 6.07) is -0.595. The topological polar surface area (TPSA) is 81.4 Å². The van der Waals surface area contributed by atoms with E-state index in [-0.39, 0.29) is 11.8 Å². The van der Waals surface area contributed by atoms with E-state index in [9.17, 15) is 9.59 Å². The molecule has 0 bridgehead atoms. The van der Waals surface area contributed by atoms with Crippen LogP contribution in [-0.2, 0) is 14.3 Å². The molecule has 110 valence electrons. The van der Waals surface area contributed by atoms with Crippen LogP contribution in [0.2, 0.25) is 0 Å². The molecule has 1 fully saturated rings. The molecule has 19 heavy (non-hydrogen) atoms. The van der Waals surface area contributed by atoms with E-state index < -0.39 is 17.4 Å². The Bertz CT molecular complexity index is 323. The molecular weight excluding hydrogens is 244 g/mol. The zero-order valence-electron chi connectivity index (χ0n) is 12.2. The molecule has 0 aromatic carbocycles. The maximum Gasteiger partial charge on any atom is 0.328 e.